The Morgan fingerprint density at radius 1 is 1.10 bits per heavy atom. The molecule has 0 aromatic carbocycles. The molecule has 4 aliphatic carbocycles. The average Bonchev–Trinajstić information content (AvgIpc) is 3.61. The number of azide groups is 1. The normalized spacial score (nSPS) is 39.3. The number of nitrogens with zero attached hydrogens (tertiary/aromatic N) is 4. The number of rotatable bonds is 9. The van der Waals surface area contributed by atoms with E-state index in [1.54, 1.807) is 6.92 Å². The summed E-state index contributed by atoms with van der Waals surface area (Å²) in [5.74, 6) is 3.39. The third-order valence-corrected chi connectivity index (χ3v) is 13.8. The molecule has 1 aromatic rings. The predicted molar refractivity (Wildman–Crippen MR) is 178 cm³/mol. The summed E-state index contributed by atoms with van der Waals surface area (Å²) < 4.78 is 18.6. The molecule has 1 aliphatic heterocycles. The average molecular weight is 668 g/mol. The van der Waals surface area contributed by atoms with E-state index in [2.05, 4.69) is 35.8 Å². The first kappa shape index (κ1) is 34.7. The number of nitrogens with one attached hydrogen (secondary N) is 1. The van der Waals surface area contributed by atoms with Crippen LogP contribution in [0, 0.1) is 53.3 Å². The largest absolute Gasteiger partial charge is 0.463 e. The first-order valence-corrected chi connectivity index (χ1v) is 18.2. The first-order valence-electron chi connectivity index (χ1n) is 18.2. The molecular weight excluding hydrogens is 614 g/mol. The van der Waals surface area contributed by atoms with Gasteiger partial charge in [0, 0.05) is 36.4 Å². The zero-order valence-corrected chi connectivity index (χ0v) is 29.2. The number of H-pyrrole nitrogens is 1. The van der Waals surface area contributed by atoms with Crippen molar-refractivity contribution in [3.63, 3.8) is 0 Å². The van der Waals surface area contributed by atoms with E-state index in [1.807, 2.05) is 0 Å². The van der Waals surface area contributed by atoms with E-state index < -0.39 is 29.6 Å². The SMILES string of the molecule is CC(=O)O[C@@H]1CCC2(C)C(CCC3C2CCC2(C)C(C(C)CCC(=O)OCC4OC(n5cc(C)c(=O)[nH]c5=O)C[C@@H]4N=[N+]=[N-])CCC32)C1. The Morgan fingerprint density at radius 3 is 2.60 bits per heavy atom. The van der Waals surface area contributed by atoms with Crippen molar-refractivity contribution in [2.75, 3.05) is 6.61 Å². The number of fused-ring (bicyclic) bond motifs is 5. The molecule has 12 nitrogen and oxygen atoms in total. The van der Waals surface area contributed by atoms with Gasteiger partial charge in [-0.3, -0.25) is 23.9 Å². The molecule has 4 saturated carbocycles. The lowest BCUT2D eigenvalue weighted by molar-refractivity contribution is -0.160. The Labute approximate surface area is 282 Å². The molecule has 2 heterocycles. The van der Waals surface area contributed by atoms with Crippen LogP contribution in [0.15, 0.2) is 20.9 Å². The Hall–Kier alpha value is -3.11. The maximum absolute atomic E-state index is 13.0. The minimum atomic E-state index is -0.744. The van der Waals surface area contributed by atoms with Gasteiger partial charge in [0.05, 0.1) is 6.04 Å². The van der Waals surface area contributed by atoms with Crippen molar-refractivity contribution in [3.8, 4) is 0 Å². The van der Waals surface area contributed by atoms with Crippen molar-refractivity contribution in [2.45, 2.75) is 136 Å². The van der Waals surface area contributed by atoms with Gasteiger partial charge in [-0.05, 0) is 123 Å². The predicted octanol–water partition coefficient (Wildman–Crippen LogP) is 6.36. The molecule has 48 heavy (non-hydrogen) atoms. The molecular formula is C36H53N5O7. The topological polar surface area (TPSA) is 165 Å². The quantitative estimate of drug-likeness (QED) is 0.138. The molecule has 0 radical (unpaired) electrons. The number of hydrogen-bond acceptors (Lipinski definition) is 8. The fraction of sp³-hybridized carbons (Fsp3) is 0.833. The van der Waals surface area contributed by atoms with E-state index in [9.17, 15) is 19.2 Å². The molecule has 10 unspecified atom stereocenters. The summed E-state index contributed by atoms with van der Waals surface area (Å²) in [6.45, 7) is 10.4. The fourth-order valence-electron chi connectivity index (χ4n) is 11.4. The number of aromatic nitrogens is 2. The van der Waals surface area contributed by atoms with Crippen LogP contribution in [0.25, 0.3) is 10.4 Å². The van der Waals surface area contributed by atoms with Crippen molar-refractivity contribution >= 4 is 11.9 Å². The van der Waals surface area contributed by atoms with Crippen LogP contribution in [0.3, 0.4) is 0 Å². The van der Waals surface area contributed by atoms with Crippen LogP contribution in [0.4, 0.5) is 0 Å². The molecule has 12 atom stereocenters. The number of esters is 2. The first-order chi connectivity index (χ1) is 22.8. The van der Waals surface area contributed by atoms with Gasteiger partial charge in [0.2, 0.25) is 0 Å². The Bertz CT molecular complexity index is 1550. The minimum Gasteiger partial charge on any atom is -0.463 e. The molecule has 0 bridgehead atoms. The number of carbonyl (C=O) groups is 2. The van der Waals surface area contributed by atoms with Crippen molar-refractivity contribution in [1.82, 2.24) is 9.55 Å². The summed E-state index contributed by atoms with van der Waals surface area (Å²) in [5, 5.41) is 3.83. The second-order valence-electron chi connectivity index (χ2n) is 16.2. The lowest BCUT2D eigenvalue weighted by atomic mass is 9.44. The number of hydrogen-bond donors (Lipinski definition) is 1. The third-order valence-electron chi connectivity index (χ3n) is 13.8. The Balaban J connectivity index is 1.02. The second kappa shape index (κ2) is 13.7. The number of aromatic amines is 1. The van der Waals surface area contributed by atoms with Gasteiger partial charge in [-0.25, -0.2) is 4.79 Å². The molecule has 264 valence electrons. The van der Waals surface area contributed by atoms with Gasteiger partial charge in [-0.1, -0.05) is 25.9 Å². The van der Waals surface area contributed by atoms with Crippen LogP contribution in [0.5, 0.6) is 0 Å². The standard InChI is InChI=1S/C36H53N5O7/c1-20(6-11-32(43)46-19-30-29(39-40-37)17-31(48-30)41-18-21(2)33(44)38-34(41)45)26-9-10-27-25-8-7-23-16-24(47-22(3)42)12-14-35(23,4)28(25)13-15-36(26,27)5/h18,20,23-31H,6-17,19H2,1-5H3,(H,38,44,45)/t20?,23?,24-,25?,26?,27?,28?,29+,30?,31?,35?,36?/m1/s1. The summed E-state index contributed by atoms with van der Waals surface area (Å²) >= 11 is 0. The van der Waals surface area contributed by atoms with Gasteiger partial charge in [0.15, 0.2) is 0 Å². The van der Waals surface area contributed by atoms with Crippen LogP contribution < -0.4 is 11.2 Å². The van der Waals surface area contributed by atoms with E-state index in [1.165, 1.54) is 56.2 Å². The zero-order chi connectivity index (χ0) is 34.4. The second-order valence-corrected chi connectivity index (χ2v) is 16.2. The monoisotopic (exact) mass is 667 g/mol. The van der Waals surface area contributed by atoms with Crippen molar-refractivity contribution in [1.29, 1.82) is 0 Å². The van der Waals surface area contributed by atoms with Gasteiger partial charge in [0.25, 0.3) is 5.56 Å². The molecule has 5 aliphatic rings. The molecule has 1 N–H and O–H groups in total. The molecule has 0 amide bonds. The Kier molecular flexibility index (Phi) is 9.88. The fourth-order valence-corrected chi connectivity index (χ4v) is 11.4. The lowest BCUT2D eigenvalue weighted by Crippen LogP contribution is -2.54. The summed E-state index contributed by atoms with van der Waals surface area (Å²) in [4.78, 5) is 54.0. The highest BCUT2D eigenvalue weighted by molar-refractivity contribution is 5.69. The van der Waals surface area contributed by atoms with Crippen LogP contribution in [0.2, 0.25) is 0 Å². The molecule has 1 aromatic heterocycles. The van der Waals surface area contributed by atoms with Crippen molar-refractivity contribution in [3.05, 3.63) is 43.0 Å². The minimum absolute atomic E-state index is 0.0713. The number of carbonyl (C=O) groups excluding carboxylic acids is 2. The number of ether oxygens (including phenoxy) is 3. The van der Waals surface area contributed by atoms with Crippen LogP contribution in [0.1, 0.15) is 117 Å². The van der Waals surface area contributed by atoms with Gasteiger partial charge >= 0.3 is 17.6 Å². The van der Waals surface area contributed by atoms with Crippen molar-refractivity contribution in [2.24, 2.45) is 51.5 Å². The van der Waals surface area contributed by atoms with Gasteiger partial charge in [-0.15, -0.1) is 0 Å². The molecule has 12 heteroatoms. The van der Waals surface area contributed by atoms with Gasteiger partial charge in [0.1, 0.15) is 25.0 Å². The summed E-state index contributed by atoms with van der Waals surface area (Å²) in [5.41, 5.74) is 9.01. The maximum atomic E-state index is 13.0. The highest BCUT2D eigenvalue weighted by Gasteiger charge is 2.60. The highest BCUT2D eigenvalue weighted by atomic mass is 16.6. The van der Waals surface area contributed by atoms with E-state index >= 15 is 0 Å². The van der Waals surface area contributed by atoms with E-state index in [-0.39, 0.29) is 36.5 Å². The third kappa shape index (κ3) is 6.47. The Morgan fingerprint density at radius 2 is 1.85 bits per heavy atom. The summed E-state index contributed by atoms with van der Waals surface area (Å²) in [6, 6.07) is -0.613. The highest BCUT2D eigenvalue weighted by Crippen LogP contribution is 2.68. The molecule has 1 saturated heterocycles. The summed E-state index contributed by atoms with van der Waals surface area (Å²) in [6.07, 6.45) is 12.1. The van der Waals surface area contributed by atoms with E-state index in [0.29, 0.717) is 35.2 Å². The van der Waals surface area contributed by atoms with Gasteiger partial charge < -0.3 is 14.2 Å². The van der Waals surface area contributed by atoms with Crippen LogP contribution in [-0.2, 0) is 23.8 Å². The lowest BCUT2D eigenvalue weighted by Gasteiger charge is -2.61. The maximum Gasteiger partial charge on any atom is 0.330 e. The zero-order valence-electron chi connectivity index (χ0n) is 29.2. The molecule has 5 fully saturated rings. The van der Waals surface area contributed by atoms with E-state index in [0.717, 1.165) is 43.4 Å². The van der Waals surface area contributed by atoms with Crippen molar-refractivity contribution < 1.29 is 23.8 Å². The number of aryl methyl sites for hydroxylation is 1. The molecule has 6 rings (SSSR count). The van der Waals surface area contributed by atoms with Crippen LogP contribution in [-0.4, -0.2) is 46.3 Å². The van der Waals surface area contributed by atoms with Crippen LogP contribution >= 0.6 is 0 Å². The van der Waals surface area contributed by atoms with Gasteiger partial charge in [-0.2, -0.15) is 0 Å². The molecule has 0 spiro atoms. The smallest absolute Gasteiger partial charge is 0.330 e. The van der Waals surface area contributed by atoms with E-state index in [4.69, 9.17) is 19.7 Å². The summed E-state index contributed by atoms with van der Waals surface area (Å²) in [7, 11) is 0.